The zero-order valence-electron chi connectivity index (χ0n) is 31.4. The average Bonchev–Trinajstić information content (AvgIpc) is 3.75. The van der Waals surface area contributed by atoms with Gasteiger partial charge in [0.05, 0.1) is 41.8 Å². The van der Waals surface area contributed by atoms with E-state index in [4.69, 9.17) is 5.73 Å². The maximum Gasteiger partial charge on any atom is 0.249 e. The fourth-order valence-corrected chi connectivity index (χ4v) is 9.95. The number of aliphatic hydroxyl groups is 1. The van der Waals surface area contributed by atoms with Gasteiger partial charge in [-0.05, 0) is 47.9 Å². The monoisotopic (exact) mass is 762 g/mol. The van der Waals surface area contributed by atoms with Crippen LogP contribution in [0.5, 0.6) is 0 Å². The highest BCUT2D eigenvalue weighted by atomic mass is 32.2. The first-order chi connectivity index (χ1) is 25.7. The number of benzene rings is 2. The van der Waals surface area contributed by atoms with Crippen LogP contribution in [0.1, 0.15) is 82.8 Å². The summed E-state index contributed by atoms with van der Waals surface area (Å²) in [6.45, 7) is 5.06. The Hall–Kier alpha value is -4.40. The summed E-state index contributed by atoms with van der Waals surface area (Å²) in [7, 11) is -3.99. The Morgan fingerprint density at radius 3 is 2.35 bits per heavy atom. The molecule has 13 nitrogen and oxygen atoms in total. The highest BCUT2D eigenvalue weighted by Crippen LogP contribution is 2.46. The molecule has 292 valence electrons. The Bertz CT molecular complexity index is 1860. The first-order valence-corrected chi connectivity index (χ1v) is 20.6. The number of aromatic nitrogens is 2. The summed E-state index contributed by atoms with van der Waals surface area (Å²) in [5.74, 6) is -4.44. The quantitative estimate of drug-likeness (QED) is 0.170. The molecule has 1 unspecified atom stereocenters. The zero-order valence-corrected chi connectivity index (χ0v) is 32.2. The molecule has 1 aliphatic heterocycles. The van der Waals surface area contributed by atoms with Gasteiger partial charge < -0.3 is 21.5 Å². The van der Waals surface area contributed by atoms with Crippen LogP contribution in [0.3, 0.4) is 0 Å². The maximum absolute atomic E-state index is 15.5. The van der Waals surface area contributed by atoms with Crippen molar-refractivity contribution in [3.8, 4) is 0 Å². The van der Waals surface area contributed by atoms with Crippen molar-refractivity contribution in [2.45, 2.75) is 113 Å². The van der Waals surface area contributed by atoms with Gasteiger partial charge in [-0.3, -0.25) is 28.8 Å². The van der Waals surface area contributed by atoms with Gasteiger partial charge in [-0.25, -0.2) is 8.42 Å². The van der Waals surface area contributed by atoms with Gasteiger partial charge in [-0.1, -0.05) is 94.5 Å². The standard InChI is InChI=1S/C40H54N6O7S/c1-27(2)24-42-37(49)23-35(48)34(22-30-15-8-5-9-16-30)44-39(51)40(26-45-20-12-19-43-45,32-25-54(52,53)36-18-11-10-17-31(32)36)46(28(3)47)38(50)33(41)21-29-13-6-4-7-14-29/h4,6-7,10-14,17-20,27,30,32-35,48H,5,8-9,15-16,21-26,41H2,1-3H3,(H,42,49)(H,44,51)/t32?,33-,34-,35-,40+/m0/s1. The number of fused-ring (bicyclic) bond motifs is 1. The summed E-state index contributed by atoms with van der Waals surface area (Å²) in [5.41, 5.74) is 5.34. The van der Waals surface area contributed by atoms with E-state index in [1.165, 1.54) is 16.9 Å². The summed E-state index contributed by atoms with van der Waals surface area (Å²) in [6.07, 6.45) is 6.60. The molecule has 1 aromatic heterocycles. The van der Waals surface area contributed by atoms with Gasteiger partial charge in [0.2, 0.25) is 23.6 Å². The largest absolute Gasteiger partial charge is 0.390 e. The lowest BCUT2D eigenvalue weighted by Gasteiger charge is -2.46. The molecular weight excluding hydrogens is 709 g/mol. The number of imide groups is 1. The fourth-order valence-electron chi connectivity index (χ4n) is 8.02. The van der Waals surface area contributed by atoms with Crippen molar-refractivity contribution in [1.82, 2.24) is 25.3 Å². The smallest absolute Gasteiger partial charge is 0.249 e. The molecule has 5 rings (SSSR count). The summed E-state index contributed by atoms with van der Waals surface area (Å²) >= 11 is 0. The third-order valence-corrected chi connectivity index (χ3v) is 12.5. The van der Waals surface area contributed by atoms with Crippen molar-refractivity contribution in [2.24, 2.45) is 17.6 Å². The summed E-state index contributed by atoms with van der Waals surface area (Å²) < 4.78 is 29.1. The summed E-state index contributed by atoms with van der Waals surface area (Å²) in [6, 6.07) is 14.6. The normalized spacial score (nSPS) is 19.6. The Balaban J connectivity index is 1.65. The van der Waals surface area contributed by atoms with Crippen LogP contribution in [0.25, 0.3) is 0 Å². The van der Waals surface area contributed by atoms with Crippen LogP contribution >= 0.6 is 0 Å². The van der Waals surface area contributed by atoms with Crippen molar-refractivity contribution in [2.75, 3.05) is 12.3 Å². The van der Waals surface area contributed by atoms with Crippen molar-refractivity contribution >= 4 is 33.5 Å². The Labute approximate surface area is 318 Å². The van der Waals surface area contributed by atoms with Crippen LogP contribution in [-0.4, -0.2) is 87.9 Å². The molecule has 2 heterocycles. The number of hydrogen-bond donors (Lipinski definition) is 4. The van der Waals surface area contributed by atoms with Crippen molar-refractivity contribution in [3.63, 3.8) is 0 Å². The molecule has 0 radical (unpaired) electrons. The number of aliphatic hydroxyl groups excluding tert-OH is 1. The van der Waals surface area contributed by atoms with Crippen LogP contribution in [-0.2, 0) is 42.0 Å². The maximum atomic E-state index is 15.5. The molecule has 2 aromatic carbocycles. The molecular formula is C40H54N6O7S. The van der Waals surface area contributed by atoms with Gasteiger partial charge >= 0.3 is 0 Å². The number of hydrogen-bond acceptors (Lipinski definition) is 9. The highest BCUT2D eigenvalue weighted by Gasteiger charge is 2.60. The number of carbonyl (C=O) groups excluding carboxylic acids is 4. The van der Waals surface area contributed by atoms with Gasteiger partial charge in [0.15, 0.2) is 15.4 Å². The minimum Gasteiger partial charge on any atom is -0.390 e. The zero-order chi connectivity index (χ0) is 39.0. The van der Waals surface area contributed by atoms with Gasteiger partial charge in [-0.2, -0.15) is 5.10 Å². The summed E-state index contributed by atoms with van der Waals surface area (Å²) in [5, 5.41) is 21.9. The molecule has 1 saturated carbocycles. The predicted molar refractivity (Wildman–Crippen MR) is 203 cm³/mol. The van der Waals surface area contributed by atoms with Crippen molar-refractivity contribution < 1.29 is 32.7 Å². The Kier molecular flexibility index (Phi) is 13.5. The van der Waals surface area contributed by atoms with Gasteiger partial charge in [-0.15, -0.1) is 0 Å². The molecule has 4 amide bonds. The first-order valence-electron chi connectivity index (χ1n) is 18.9. The molecule has 0 saturated heterocycles. The lowest BCUT2D eigenvalue weighted by molar-refractivity contribution is -0.162. The number of nitrogens with zero attached hydrogens (tertiary/aromatic N) is 3. The van der Waals surface area contributed by atoms with Crippen LogP contribution in [0, 0.1) is 11.8 Å². The summed E-state index contributed by atoms with van der Waals surface area (Å²) in [4.78, 5) is 58.2. The SMILES string of the molecule is CC(=O)N(C(=O)[C@@H](N)Cc1ccccc1)[C@@](Cn1cccn1)(C(=O)N[C@@H](CC1CCCCC1)[C@@H](O)CC(=O)NCC(C)C)C1CS(=O)(=O)c2ccccc21. The molecule has 0 bridgehead atoms. The number of nitrogens with one attached hydrogen (secondary N) is 2. The van der Waals surface area contributed by atoms with Gasteiger partial charge in [0.1, 0.15) is 0 Å². The average molecular weight is 763 g/mol. The van der Waals surface area contributed by atoms with Gasteiger partial charge in [0.25, 0.3) is 0 Å². The number of amides is 4. The van der Waals surface area contributed by atoms with E-state index in [9.17, 15) is 27.9 Å². The van der Waals surface area contributed by atoms with Crippen LogP contribution in [0.15, 0.2) is 78.0 Å². The molecule has 2 aliphatic rings. The lowest BCUT2D eigenvalue weighted by Crippen LogP contribution is -2.70. The fraction of sp³-hybridized carbons (Fsp3) is 0.525. The van der Waals surface area contributed by atoms with E-state index in [2.05, 4.69) is 15.7 Å². The van der Waals surface area contributed by atoms with Crippen LogP contribution < -0.4 is 16.4 Å². The topological polar surface area (TPSA) is 194 Å². The van der Waals surface area contributed by atoms with E-state index in [1.54, 1.807) is 54.7 Å². The first kappa shape index (κ1) is 40.8. The van der Waals surface area contributed by atoms with E-state index < -0.39 is 69.5 Å². The second-order valence-corrected chi connectivity index (χ2v) is 17.3. The number of carbonyl (C=O) groups is 4. The third kappa shape index (κ3) is 9.45. The van der Waals surface area contributed by atoms with E-state index >= 15 is 4.79 Å². The molecule has 3 aromatic rings. The van der Waals surface area contributed by atoms with E-state index in [0.29, 0.717) is 13.0 Å². The molecule has 0 spiro atoms. The number of sulfone groups is 1. The number of nitrogens with two attached hydrogens (primary N) is 1. The van der Waals surface area contributed by atoms with Crippen LogP contribution in [0.4, 0.5) is 0 Å². The molecule has 5 N–H and O–H groups in total. The minimum absolute atomic E-state index is 0.00205. The van der Waals surface area contributed by atoms with E-state index in [-0.39, 0.29) is 41.0 Å². The highest BCUT2D eigenvalue weighted by molar-refractivity contribution is 7.91. The second kappa shape index (κ2) is 17.8. The minimum atomic E-state index is -3.99. The van der Waals surface area contributed by atoms with Crippen molar-refractivity contribution in [1.29, 1.82) is 0 Å². The second-order valence-electron chi connectivity index (χ2n) is 15.3. The van der Waals surface area contributed by atoms with E-state index in [1.807, 2.05) is 19.9 Å². The van der Waals surface area contributed by atoms with Gasteiger partial charge in [0, 0.05) is 31.8 Å². The van der Waals surface area contributed by atoms with Crippen LogP contribution in [0.2, 0.25) is 0 Å². The Morgan fingerprint density at radius 1 is 1.02 bits per heavy atom. The lowest BCUT2D eigenvalue weighted by atomic mass is 9.76. The molecule has 5 atom stereocenters. The van der Waals surface area contributed by atoms with E-state index in [0.717, 1.165) is 49.5 Å². The number of rotatable bonds is 16. The van der Waals surface area contributed by atoms with Crippen molar-refractivity contribution in [3.05, 3.63) is 84.2 Å². The Morgan fingerprint density at radius 2 is 1.70 bits per heavy atom. The molecule has 14 heteroatoms. The molecule has 54 heavy (non-hydrogen) atoms. The molecule has 1 fully saturated rings. The molecule has 1 aliphatic carbocycles. The third-order valence-electron chi connectivity index (χ3n) is 10.7. The predicted octanol–water partition coefficient (Wildman–Crippen LogP) is 3.12.